The Balaban J connectivity index is 1.50. The Morgan fingerprint density at radius 2 is 2.18 bits per heavy atom. The van der Waals surface area contributed by atoms with Gasteiger partial charge in [0.25, 0.3) is 0 Å². The molecule has 1 aliphatic heterocycles. The van der Waals surface area contributed by atoms with Crippen molar-refractivity contribution in [1.82, 2.24) is 10.3 Å². The molecular formula is C17H27N3OS. The Bertz CT molecular complexity index is 496. The number of rotatable bonds is 4. The fourth-order valence-electron chi connectivity index (χ4n) is 3.82. The van der Waals surface area contributed by atoms with E-state index in [4.69, 9.17) is 0 Å². The number of aromatic nitrogens is 1. The smallest absolute Gasteiger partial charge is 0.226 e. The van der Waals surface area contributed by atoms with E-state index in [2.05, 4.69) is 22.5 Å². The number of thiazole rings is 1. The maximum Gasteiger partial charge on any atom is 0.226 e. The first-order valence-corrected chi connectivity index (χ1v) is 9.48. The molecule has 5 heteroatoms. The lowest BCUT2D eigenvalue weighted by Gasteiger charge is -2.25. The summed E-state index contributed by atoms with van der Waals surface area (Å²) in [6.07, 6.45) is 9.97. The minimum Gasteiger partial charge on any atom is -0.317 e. The minimum absolute atomic E-state index is 0.144. The van der Waals surface area contributed by atoms with Gasteiger partial charge in [-0.1, -0.05) is 19.8 Å². The highest BCUT2D eigenvalue weighted by molar-refractivity contribution is 7.15. The van der Waals surface area contributed by atoms with Crippen molar-refractivity contribution < 1.29 is 4.79 Å². The van der Waals surface area contributed by atoms with Crippen LogP contribution in [-0.2, 0) is 4.79 Å². The maximum absolute atomic E-state index is 12.2. The molecule has 4 nitrogen and oxygen atoms in total. The molecule has 0 aromatic carbocycles. The largest absolute Gasteiger partial charge is 0.317 e. The Morgan fingerprint density at radius 1 is 1.36 bits per heavy atom. The summed E-state index contributed by atoms with van der Waals surface area (Å²) in [6.45, 7) is 4.48. The van der Waals surface area contributed by atoms with Crippen LogP contribution in [0.15, 0.2) is 6.20 Å². The lowest BCUT2D eigenvalue weighted by atomic mass is 9.81. The molecule has 2 atom stereocenters. The summed E-state index contributed by atoms with van der Waals surface area (Å²) in [5.74, 6) is 2.10. The molecule has 2 fully saturated rings. The fraction of sp³-hybridized carbons (Fsp3) is 0.765. The van der Waals surface area contributed by atoms with Gasteiger partial charge in [-0.15, -0.1) is 11.3 Å². The zero-order chi connectivity index (χ0) is 15.4. The molecule has 1 aliphatic carbocycles. The van der Waals surface area contributed by atoms with Crippen molar-refractivity contribution in [1.29, 1.82) is 0 Å². The number of anilines is 1. The van der Waals surface area contributed by atoms with Crippen LogP contribution in [0.5, 0.6) is 0 Å². The third-order valence-corrected chi connectivity index (χ3v) is 6.11. The van der Waals surface area contributed by atoms with Gasteiger partial charge in [0, 0.05) is 17.5 Å². The number of nitrogens with zero attached hydrogens (tertiary/aromatic N) is 1. The average molecular weight is 321 g/mol. The van der Waals surface area contributed by atoms with E-state index in [0.29, 0.717) is 18.3 Å². The number of carbonyl (C=O) groups excluding carboxylic acids is 1. The molecule has 1 aromatic rings. The van der Waals surface area contributed by atoms with Crippen molar-refractivity contribution in [2.45, 2.75) is 57.8 Å². The molecule has 2 unspecified atom stereocenters. The van der Waals surface area contributed by atoms with Crippen molar-refractivity contribution in [2.75, 3.05) is 18.4 Å². The Hall–Kier alpha value is -0.940. The second-order valence-corrected chi connectivity index (χ2v) is 8.04. The van der Waals surface area contributed by atoms with Crippen LogP contribution < -0.4 is 10.6 Å². The lowest BCUT2D eigenvalue weighted by Crippen LogP contribution is -2.26. The van der Waals surface area contributed by atoms with E-state index >= 15 is 0 Å². The van der Waals surface area contributed by atoms with Gasteiger partial charge in [0.15, 0.2) is 5.13 Å². The van der Waals surface area contributed by atoms with Gasteiger partial charge in [0.2, 0.25) is 5.91 Å². The minimum atomic E-state index is 0.144. The normalized spacial score (nSPS) is 26.8. The summed E-state index contributed by atoms with van der Waals surface area (Å²) >= 11 is 1.66. The van der Waals surface area contributed by atoms with E-state index in [1.807, 2.05) is 6.20 Å². The van der Waals surface area contributed by atoms with Gasteiger partial charge < -0.3 is 10.6 Å². The molecule has 1 saturated heterocycles. The van der Waals surface area contributed by atoms with Crippen molar-refractivity contribution in [3.63, 3.8) is 0 Å². The monoisotopic (exact) mass is 321 g/mol. The summed E-state index contributed by atoms with van der Waals surface area (Å²) in [5.41, 5.74) is 0. The van der Waals surface area contributed by atoms with Crippen LogP contribution >= 0.6 is 11.3 Å². The van der Waals surface area contributed by atoms with Crippen molar-refractivity contribution >= 4 is 22.4 Å². The first-order chi connectivity index (χ1) is 10.7. The van der Waals surface area contributed by atoms with Crippen molar-refractivity contribution in [3.8, 4) is 0 Å². The van der Waals surface area contributed by atoms with Gasteiger partial charge in [-0.25, -0.2) is 4.98 Å². The lowest BCUT2D eigenvalue weighted by molar-refractivity contribution is -0.117. The molecule has 2 heterocycles. The molecule has 1 saturated carbocycles. The molecular weight excluding hydrogens is 294 g/mol. The number of piperidine rings is 1. The van der Waals surface area contributed by atoms with Crippen LogP contribution in [0.4, 0.5) is 5.13 Å². The number of carbonyl (C=O) groups is 1. The Morgan fingerprint density at radius 3 is 2.95 bits per heavy atom. The molecule has 2 N–H and O–H groups in total. The predicted octanol–water partition coefficient (Wildman–Crippen LogP) is 3.77. The third-order valence-electron chi connectivity index (χ3n) is 5.03. The molecule has 22 heavy (non-hydrogen) atoms. The van der Waals surface area contributed by atoms with E-state index in [1.165, 1.54) is 43.4 Å². The maximum atomic E-state index is 12.2. The predicted molar refractivity (Wildman–Crippen MR) is 91.3 cm³/mol. The van der Waals surface area contributed by atoms with E-state index in [1.54, 1.807) is 11.3 Å². The van der Waals surface area contributed by atoms with Crippen LogP contribution in [0.3, 0.4) is 0 Å². The van der Waals surface area contributed by atoms with E-state index in [9.17, 15) is 4.79 Å². The van der Waals surface area contributed by atoms with Gasteiger partial charge >= 0.3 is 0 Å². The molecule has 3 rings (SSSR count). The molecule has 0 radical (unpaired) electrons. The number of hydrogen-bond acceptors (Lipinski definition) is 4. The van der Waals surface area contributed by atoms with Gasteiger partial charge in [-0.2, -0.15) is 0 Å². The molecule has 1 amide bonds. The highest BCUT2D eigenvalue weighted by Crippen LogP contribution is 2.33. The van der Waals surface area contributed by atoms with Gasteiger partial charge in [0.05, 0.1) is 0 Å². The van der Waals surface area contributed by atoms with E-state index in [-0.39, 0.29) is 5.91 Å². The summed E-state index contributed by atoms with van der Waals surface area (Å²) in [6, 6.07) is 0. The first-order valence-electron chi connectivity index (χ1n) is 8.67. The quantitative estimate of drug-likeness (QED) is 0.887. The molecule has 0 bridgehead atoms. The van der Waals surface area contributed by atoms with E-state index < -0.39 is 0 Å². The molecule has 0 spiro atoms. The highest BCUT2D eigenvalue weighted by Gasteiger charge is 2.22. The second-order valence-electron chi connectivity index (χ2n) is 6.98. The topological polar surface area (TPSA) is 54.0 Å². The Labute approximate surface area is 137 Å². The van der Waals surface area contributed by atoms with Crippen LogP contribution in [0.25, 0.3) is 0 Å². The summed E-state index contributed by atoms with van der Waals surface area (Å²) in [7, 11) is 0. The molecule has 1 aromatic heterocycles. The van der Waals surface area contributed by atoms with Gasteiger partial charge in [-0.3, -0.25) is 4.79 Å². The average Bonchev–Trinajstić information content (AvgIpc) is 2.96. The highest BCUT2D eigenvalue weighted by atomic mass is 32.1. The summed E-state index contributed by atoms with van der Waals surface area (Å²) in [4.78, 5) is 17.9. The van der Waals surface area contributed by atoms with Crippen molar-refractivity contribution in [3.05, 3.63) is 11.1 Å². The number of nitrogens with one attached hydrogen (secondary N) is 2. The second kappa shape index (κ2) is 7.55. The number of amides is 1. The SMILES string of the molecule is CC1CCCC(CC(=O)Nc2ncc(C3CCNCC3)s2)C1. The standard InChI is InChI=1S/C17H27N3OS/c1-12-3-2-4-13(9-12)10-16(21)20-17-19-11-15(22-17)14-5-7-18-8-6-14/h11-14,18H,2-10H2,1H3,(H,19,20,21). The Kier molecular flexibility index (Phi) is 5.47. The first kappa shape index (κ1) is 15.9. The van der Waals surface area contributed by atoms with Gasteiger partial charge in [-0.05, 0) is 56.5 Å². The summed E-state index contributed by atoms with van der Waals surface area (Å²) < 4.78 is 0. The zero-order valence-corrected chi connectivity index (χ0v) is 14.3. The van der Waals surface area contributed by atoms with Crippen LogP contribution in [0.2, 0.25) is 0 Å². The fourth-order valence-corrected chi connectivity index (χ4v) is 4.82. The van der Waals surface area contributed by atoms with Crippen LogP contribution in [0.1, 0.15) is 62.7 Å². The van der Waals surface area contributed by atoms with Crippen molar-refractivity contribution in [2.24, 2.45) is 11.8 Å². The van der Waals surface area contributed by atoms with E-state index in [0.717, 1.165) is 24.1 Å². The zero-order valence-electron chi connectivity index (χ0n) is 13.4. The van der Waals surface area contributed by atoms with Crippen LogP contribution in [-0.4, -0.2) is 24.0 Å². The molecule has 2 aliphatic rings. The molecule has 122 valence electrons. The number of hydrogen-bond donors (Lipinski definition) is 2. The van der Waals surface area contributed by atoms with Crippen LogP contribution in [0, 0.1) is 11.8 Å². The summed E-state index contributed by atoms with van der Waals surface area (Å²) in [5, 5.41) is 7.18. The van der Waals surface area contributed by atoms with Gasteiger partial charge in [0.1, 0.15) is 0 Å². The third kappa shape index (κ3) is 4.29.